The Bertz CT molecular complexity index is 1000. The van der Waals surface area contributed by atoms with Crippen molar-refractivity contribution in [3.8, 4) is 11.3 Å². The highest BCUT2D eigenvalue weighted by molar-refractivity contribution is 5.68. The fourth-order valence-electron chi connectivity index (χ4n) is 4.28. The van der Waals surface area contributed by atoms with E-state index in [9.17, 15) is 0 Å². The zero-order valence-corrected chi connectivity index (χ0v) is 17.2. The number of rotatable bonds is 5. The van der Waals surface area contributed by atoms with Crippen molar-refractivity contribution in [3.05, 3.63) is 42.5 Å². The number of anilines is 2. The number of nitrogens with one attached hydrogen (secondary N) is 1. The molecule has 1 N–H and O–H groups in total. The standard InChI is InChI=1S/C23H28N6O/c1-3-7-18(8-4-1)17-24-26-21-16-23(28-11-13-30-14-12-28)29-22(25-21)15-20(27-29)19-9-5-2-6-10-19/h2,5-6,9-10,15-18H,1,3-4,7-8,11-14H2,(H,25,26)/b24-17+. The van der Waals surface area contributed by atoms with Gasteiger partial charge in [-0.25, -0.2) is 4.98 Å². The fourth-order valence-corrected chi connectivity index (χ4v) is 4.28. The molecule has 0 amide bonds. The molecule has 0 spiro atoms. The van der Waals surface area contributed by atoms with Crippen LogP contribution in [-0.2, 0) is 4.74 Å². The molecule has 3 heterocycles. The van der Waals surface area contributed by atoms with E-state index in [-0.39, 0.29) is 0 Å². The van der Waals surface area contributed by atoms with E-state index < -0.39 is 0 Å². The Balaban J connectivity index is 1.47. The summed E-state index contributed by atoms with van der Waals surface area (Å²) in [7, 11) is 0. The average Bonchev–Trinajstić information content (AvgIpc) is 3.25. The van der Waals surface area contributed by atoms with E-state index in [0.717, 1.165) is 54.8 Å². The molecule has 7 heteroatoms. The molecule has 1 saturated heterocycles. The van der Waals surface area contributed by atoms with Crippen LogP contribution in [0.4, 0.5) is 11.6 Å². The van der Waals surface area contributed by atoms with Gasteiger partial charge in [-0.15, -0.1) is 0 Å². The maximum Gasteiger partial charge on any atom is 0.160 e. The lowest BCUT2D eigenvalue weighted by atomic mass is 9.90. The highest BCUT2D eigenvalue weighted by Crippen LogP contribution is 2.26. The summed E-state index contributed by atoms with van der Waals surface area (Å²) in [6, 6.07) is 14.3. The van der Waals surface area contributed by atoms with E-state index in [0.29, 0.717) is 5.92 Å². The minimum absolute atomic E-state index is 0.577. The molecular formula is C23H28N6O. The SMILES string of the molecule is C(=N\Nc1cc(N2CCOCC2)n2nc(-c3ccccc3)cc2n1)/C1CCCCC1. The monoisotopic (exact) mass is 404 g/mol. The predicted octanol–water partition coefficient (Wildman–Crippen LogP) is 4.21. The Kier molecular flexibility index (Phi) is 5.61. The van der Waals surface area contributed by atoms with Crippen LogP contribution in [0.2, 0.25) is 0 Å². The highest BCUT2D eigenvalue weighted by atomic mass is 16.5. The molecule has 5 rings (SSSR count). The van der Waals surface area contributed by atoms with Crippen molar-refractivity contribution in [1.29, 1.82) is 0 Å². The first-order chi connectivity index (χ1) is 14.9. The molecular weight excluding hydrogens is 376 g/mol. The van der Waals surface area contributed by atoms with Gasteiger partial charge in [0.25, 0.3) is 0 Å². The molecule has 2 aromatic heterocycles. The summed E-state index contributed by atoms with van der Waals surface area (Å²) in [5.74, 6) is 2.34. The second-order valence-corrected chi connectivity index (χ2v) is 8.05. The Morgan fingerprint density at radius 1 is 1.03 bits per heavy atom. The van der Waals surface area contributed by atoms with Gasteiger partial charge < -0.3 is 9.64 Å². The Morgan fingerprint density at radius 3 is 2.63 bits per heavy atom. The van der Waals surface area contributed by atoms with Crippen LogP contribution in [0.25, 0.3) is 16.9 Å². The topological polar surface area (TPSA) is 67.0 Å². The van der Waals surface area contributed by atoms with Gasteiger partial charge in [-0.1, -0.05) is 49.6 Å². The number of fused-ring (bicyclic) bond motifs is 1. The van der Waals surface area contributed by atoms with Crippen molar-refractivity contribution >= 4 is 23.5 Å². The summed E-state index contributed by atoms with van der Waals surface area (Å²) in [6.07, 6.45) is 8.49. The molecule has 0 atom stereocenters. The Morgan fingerprint density at radius 2 is 1.83 bits per heavy atom. The van der Waals surface area contributed by atoms with E-state index in [1.54, 1.807) is 0 Å². The molecule has 2 aliphatic rings. The van der Waals surface area contributed by atoms with Crippen LogP contribution in [0.15, 0.2) is 47.6 Å². The lowest BCUT2D eigenvalue weighted by Gasteiger charge is -2.29. The number of hydrazone groups is 1. The van der Waals surface area contributed by atoms with E-state index in [1.165, 1.54) is 32.1 Å². The van der Waals surface area contributed by atoms with Crippen LogP contribution in [0.5, 0.6) is 0 Å². The van der Waals surface area contributed by atoms with Crippen molar-refractivity contribution in [2.75, 3.05) is 36.6 Å². The third kappa shape index (κ3) is 4.16. The summed E-state index contributed by atoms with van der Waals surface area (Å²) in [5.41, 5.74) is 5.99. The molecule has 2 fully saturated rings. The van der Waals surface area contributed by atoms with Crippen LogP contribution in [-0.4, -0.2) is 47.1 Å². The quantitative estimate of drug-likeness (QED) is 0.510. The van der Waals surface area contributed by atoms with Crippen LogP contribution in [0.1, 0.15) is 32.1 Å². The number of morpholine rings is 1. The lowest BCUT2D eigenvalue weighted by Crippen LogP contribution is -2.37. The molecule has 30 heavy (non-hydrogen) atoms. The summed E-state index contributed by atoms with van der Waals surface area (Å²) in [4.78, 5) is 7.08. The van der Waals surface area contributed by atoms with Gasteiger partial charge in [0.2, 0.25) is 0 Å². The first-order valence-corrected chi connectivity index (χ1v) is 10.9. The summed E-state index contributed by atoms with van der Waals surface area (Å²) in [5, 5.41) is 9.37. The zero-order chi connectivity index (χ0) is 20.2. The molecule has 1 aliphatic carbocycles. The van der Waals surface area contributed by atoms with E-state index >= 15 is 0 Å². The number of hydrogen-bond acceptors (Lipinski definition) is 6. The molecule has 7 nitrogen and oxygen atoms in total. The average molecular weight is 405 g/mol. The van der Waals surface area contributed by atoms with Gasteiger partial charge in [0, 0.05) is 37.0 Å². The number of benzene rings is 1. The fraction of sp³-hybridized carbons (Fsp3) is 0.435. The normalized spacial score (nSPS) is 18.3. The van der Waals surface area contributed by atoms with Crippen LogP contribution in [0.3, 0.4) is 0 Å². The summed E-state index contributed by atoms with van der Waals surface area (Å²) < 4.78 is 7.48. The smallest absolute Gasteiger partial charge is 0.160 e. The summed E-state index contributed by atoms with van der Waals surface area (Å²) >= 11 is 0. The maximum absolute atomic E-state index is 5.54. The first-order valence-electron chi connectivity index (χ1n) is 10.9. The molecule has 1 aliphatic heterocycles. The van der Waals surface area contributed by atoms with Crippen LogP contribution >= 0.6 is 0 Å². The molecule has 0 unspecified atom stereocenters. The van der Waals surface area contributed by atoms with Gasteiger partial charge in [-0.2, -0.15) is 14.7 Å². The van der Waals surface area contributed by atoms with Crippen molar-refractivity contribution < 1.29 is 4.74 Å². The number of hydrogen-bond donors (Lipinski definition) is 1. The second kappa shape index (κ2) is 8.83. The maximum atomic E-state index is 5.54. The van der Waals surface area contributed by atoms with Crippen molar-refractivity contribution in [2.45, 2.75) is 32.1 Å². The molecule has 1 aromatic carbocycles. The zero-order valence-electron chi connectivity index (χ0n) is 17.2. The highest BCUT2D eigenvalue weighted by Gasteiger charge is 2.18. The first kappa shape index (κ1) is 19.1. The van der Waals surface area contributed by atoms with E-state index in [2.05, 4.69) is 33.8 Å². The summed E-state index contributed by atoms with van der Waals surface area (Å²) in [6.45, 7) is 3.12. The van der Waals surface area contributed by atoms with E-state index in [1.807, 2.05) is 34.8 Å². The number of ether oxygens (including phenoxy) is 1. The number of aromatic nitrogens is 3. The van der Waals surface area contributed by atoms with Gasteiger partial charge in [0.05, 0.1) is 18.9 Å². The van der Waals surface area contributed by atoms with Gasteiger partial charge >= 0.3 is 0 Å². The minimum Gasteiger partial charge on any atom is -0.378 e. The van der Waals surface area contributed by atoms with Crippen LogP contribution in [0, 0.1) is 5.92 Å². The lowest BCUT2D eigenvalue weighted by molar-refractivity contribution is 0.122. The second-order valence-electron chi connectivity index (χ2n) is 8.05. The predicted molar refractivity (Wildman–Crippen MR) is 120 cm³/mol. The molecule has 0 radical (unpaired) electrons. The van der Waals surface area contributed by atoms with Crippen LogP contribution < -0.4 is 10.3 Å². The minimum atomic E-state index is 0.577. The molecule has 1 saturated carbocycles. The molecule has 3 aromatic rings. The Hall–Kier alpha value is -2.93. The largest absolute Gasteiger partial charge is 0.378 e. The van der Waals surface area contributed by atoms with Crippen molar-refractivity contribution in [3.63, 3.8) is 0 Å². The van der Waals surface area contributed by atoms with Crippen molar-refractivity contribution in [1.82, 2.24) is 14.6 Å². The van der Waals surface area contributed by atoms with Gasteiger partial charge in [-0.3, -0.25) is 5.43 Å². The van der Waals surface area contributed by atoms with Gasteiger partial charge in [0.1, 0.15) is 5.82 Å². The number of nitrogens with zero attached hydrogens (tertiary/aromatic N) is 5. The Labute approximate surface area is 176 Å². The van der Waals surface area contributed by atoms with Gasteiger partial charge in [0.15, 0.2) is 11.5 Å². The molecule has 156 valence electrons. The van der Waals surface area contributed by atoms with Crippen molar-refractivity contribution in [2.24, 2.45) is 11.0 Å². The van der Waals surface area contributed by atoms with Gasteiger partial charge in [-0.05, 0) is 18.8 Å². The third-order valence-corrected chi connectivity index (χ3v) is 5.93. The third-order valence-electron chi connectivity index (χ3n) is 5.93. The molecule has 0 bridgehead atoms. The van der Waals surface area contributed by atoms with E-state index in [4.69, 9.17) is 14.8 Å².